The number of nitrogens with zero attached hydrogens (tertiary/aromatic N) is 4. The number of aromatic nitrogens is 2. The molecule has 1 fully saturated rings. The number of hydrogen-bond acceptors (Lipinski definition) is 3. The maximum absolute atomic E-state index is 6.11. The molecule has 2 N–H and O–H groups in total. The van der Waals surface area contributed by atoms with Crippen LogP contribution in [0, 0.1) is 13.8 Å². The molecule has 1 saturated heterocycles. The van der Waals surface area contributed by atoms with Gasteiger partial charge in [0.05, 0.1) is 5.69 Å². The van der Waals surface area contributed by atoms with Gasteiger partial charge in [0.15, 0.2) is 5.96 Å². The zero-order valence-corrected chi connectivity index (χ0v) is 19.4. The van der Waals surface area contributed by atoms with Crippen LogP contribution in [0.2, 0.25) is 5.02 Å². The molecular formula is C19H28ClIN6. The third-order valence-electron chi connectivity index (χ3n) is 5.02. The van der Waals surface area contributed by atoms with E-state index < -0.39 is 0 Å². The van der Waals surface area contributed by atoms with Crippen LogP contribution in [0.25, 0.3) is 0 Å². The number of guanidine groups is 1. The van der Waals surface area contributed by atoms with Crippen LogP contribution < -0.4 is 15.5 Å². The molecule has 1 unspecified atom stereocenters. The van der Waals surface area contributed by atoms with Crippen molar-refractivity contribution in [3.05, 3.63) is 46.2 Å². The number of nitrogens with one attached hydrogen (secondary N) is 2. The number of aryl methyl sites for hydroxylation is 2. The summed E-state index contributed by atoms with van der Waals surface area (Å²) >= 11 is 6.11. The predicted octanol–water partition coefficient (Wildman–Crippen LogP) is 3.25. The Morgan fingerprint density at radius 2 is 2.15 bits per heavy atom. The van der Waals surface area contributed by atoms with Crippen LogP contribution in [-0.2, 0) is 13.6 Å². The first-order valence-electron chi connectivity index (χ1n) is 8.94. The van der Waals surface area contributed by atoms with Crippen molar-refractivity contribution in [3.8, 4) is 0 Å². The molecule has 1 aliphatic heterocycles. The second-order valence-electron chi connectivity index (χ2n) is 6.75. The van der Waals surface area contributed by atoms with Gasteiger partial charge in [-0.2, -0.15) is 5.10 Å². The van der Waals surface area contributed by atoms with Gasteiger partial charge in [-0.3, -0.25) is 9.67 Å². The van der Waals surface area contributed by atoms with E-state index >= 15 is 0 Å². The van der Waals surface area contributed by atoms with Crippen molar-refractivity contribution in [2.24, 2.45) is 12.0 Å². The van der Waals surface area contributed by atoms with Crippen molar-refractivity contribution in [3.63, 3.8) is 0 Å². The quantitative estimate of drug-likeness (QED) is 0.383. The van der Waals surface area contributed by atoms with Gasteiger partial charge in [0.2, 0.25) is 0 Å². The molecule has 2 aromatic rings. The highest BCUT2D eigenvalue weighted by atomic mass is 127. The summed E-state index contributed by atoms with van der Waals surface area (Å²) in [5.41, 5.74) is 4.63. The topological polar surface area (TPSA) is 57.5 Å². The number of aliphatic imine (C=N–C) groups is 1. The molecule has 2 heterocycles. The molecule has 1 aliphatic rings. The van der Waals surface area contributed by atoms with Gasteiger partial charge in [-0.1, -0.05) is 17.7 Å². The number of benzene rings is 1. The van der Waals surface area contributed by atoms with Gasteiger partial charge in [-0.05, 0) is 38.5 Å². The second-order valence-corrected chi connectivity index (χ2v) is 7.19. The van der Waals surface area contributed by atoms with Crippen LogP contribution >= 0.6 is 35.6 Å². The molecular weight excluding hydrogens is 475 g/mol. The summed E-state index contributed by atoms with van der Waals surface area (Å²) in [5.74, 6) is 0.825. The van der Waals surface area contributed by atoms with E-state index in [-0.39, 0.29) is 24.0 Å². The minimum absolute atomic E-state index is 0. The minimum atomic E-state index is 0. The molecule has 3 rings (SSSR count). The summed E-state index contributed by atoms with van der Waals surface area (Å²) in [5, 5.41) is 12.2. The highest BCUT2D eigenvalue weighted by molar-refractivity contribution is 14.0. The SMILES string of the molecule is CN=C(NCc1c(C)nn(C)c1C)NC1CCN(c2cccc(Cl)c2)C1.I. The number of hydrogen-bond donors (Lipinski definition) is 2. The van der Waals surface area contributed by atoms with Gasteiger partial charge in [-0.25, -0.2) is 0 Å². The molecule has 0 amide bonds. The van der Waals surface area contributed by atoms with Gasteiger partial charge in [0.25, 0.3) is 0 Å². The van der Waals surface area contributed by atoms with Crippen molar-refractivity contribution >= 4 is 47.2 Å². The Hall–Kier alpha value is -1.48. The van der Waals surface area contributed by atoms with E-state index in [1.807, 2.05) is 43.9 Å². The van der Waals surface area contributed by atoms with Gasteiger partial charge in [0, 0.05) is 61.7 Å². The zero-order chi connectivity index (χ0) is 18.7. The summed E-state index contributed by atoms with van der Waals surface area (Å²) in [7, 11) is 3.78. The maximum Gasteiger partial charge on any atom is 0.191 e. The molecule has 8 heteroatoms. The third kappa shape index (κ3) is 5.28. The van der Waals surface area contributed by atoms with Crippen LogP contribution in [0.5, 0.6) is 0 Å². The van der Waals surface area contributed by atoms with E-state index in [1.165, 1.54) is 16.9 Å². The molecule has 0 radical (unpaired) electrons. The highest BCUT2D eigenvalue weighted by Crippen LogP contribution is 2.23. The van der Waals surface area contributed by atoms with Crippen molar-refractivity contribution < 1.29 is 0 Å². The van der Waals surface area contributed by atoms with Gasteiger partial charge >= 0.3 is 0 Å². The lowest BCUT2D eigenvalue weighted by atomic mass is 10.2. The summed E-state index contributed by atoms with van der Waals surface area (Å²) in [6.07, 6.45) is 1.07. The Labute approximate surface area is 183 Å². The largest absolute Gasteiger partial charge is 0.369 e. The van der Waals surface area contributed by atoms with Crippen LogP contribution in [0.4, 0.5) is 5.69 Å². The van der Waals surface area contributed by atoms with Crippen molar-refractivity contribution in [2.45, 2.75) is 32.9 Å². The number of rotatable bonds is 4. The summed E-state index contributed by atoms with van der Waals surface area (Å²) in [4.78, 5) is 6.73. The Kier molecular flexibility index (Phi) is 7.79. The lowest BCUT2D eigenvalue weighted by Crippen LogP contribution is -2.44. The van der Waals surface area contributed by atoms with E-state index in [0.29, 0.717) is 6.04 Å². The summed E-state index contributed by atoms with van der Waals surface area (Å²) < 4.78 is 1.92. The van der Waals surface area contributed by atoms with E-state index in [9.17, 15) is 0 Å². The fourth-order valence-electron chi connectivity index (χ4n) is 3.42. The van der Waals surface area contributed by atoms with E-state index in [4.69, 9.17) is 11.6 Å². The molecule has 0 spiro atoms. The molecule has 0 aliphatic carbocycles. The lowest BCUT2D eigenvalue weighted by Gasteiger charge is -2.20. The van der Waals surface area contributed by atoms with Crippen molar-refractivity contribution in [1.82, 2.24) is 20.4 Å². The van der Waals surface area contributed by atoms with Crippen LogP contribution in [0.1, 0.15) is 23.4 Å². The maximum atomic E-state index is 6.11. The van der Waals surface area contributed by atoms with Crippen molar-refractivity contribution in [1.29, 1.82) is 0 Å². The van der Waals surface area contributed by atoms with Gasteiger partial charge in [0.1, 0.15) is 0 Å². The third-order valence-corrected chi connectivity index (χ3v) is 5.25. The molecule has 0 bridgehead atoms. The smallest absolute Gasteiger partial charge is 0.191 e. The highest BCUT2D eigenvalue weighted by Gasteiger charge is 2.23. The second kappa shape index (κ2) is 9.64. The van der Waals surface area contributed by atoms with Crippen LogP contribution in [-0.4, -0.2) is 41.9 Å². The number of halogens is 2. The first kappa shape index (κ1) is 21.8. The van der Waals surface area contributed by atoms with E-state index in [1.54, 1.807) is 0 Å². The van der Waals surface area contributed by atoms with E-state index in [0.717, 1.165) is 42.7 Å². The number of anilines is 1. The average Bonchev–Trinajstić information content (AvgIpc) is 3.17. The Morgan fingerprint density at radius 3 is 2.78 bits per heavy atom. The lowest BCUT2D eigenvalue weighted by molar-refractivity contribution is 0.648. The molecule has 1 atom stereocenters. The minimum Gasteiger partial charge on any atom is -0.369 e. The predicted molar refractivity (Wildman–Crippen MR) is 124 cm³/mol. The fraction of sp³-hybridized carbons (Fsp3) is 0.474. The van der Waals surface area contributed by atoms with E-state index in [2.05, 4.69) is 38.6 Å². The summed E-state index contributed by atoms with van der Waals surface area (Å²) in [6.45, 7) is 6.80. The average molecular weight is 503 g/mol. The van der Waals surface area contributed by atoms with Crippen LogP contribution in [0.3, 0.4) is 0 Å². The molecule has 148 valence electrons. The molecule has 27 heavy (non-hydrogen) atoms. The Morgan fingerprint density at radius 1 is 1.37 bits per heavy atom. The normalized spacial score (nSPS) is 17.0. The zero-order valence-electron chi connectivity index (χ0n) is 16.3. The van der Waals surface area contributed by atoms with Crippen molar-refractivity contribution in [2.75, 3.05) is 25.0 Å². The Bertz CT molecular complexity index is 803. The monoisotopic (exact) mass is 502 g/mol. The molecule has 6 nitrogen and oxygen atoms in total. The van der Waals surface area contributed by atoms with Gasteiger partial charge in [-0.15, -0.1) is 24.0 Å². The first-order valence-corrected chi connectivity index (χ1v) is 9.32. The fourth-order valence-corrected chi connectivity index (χ4v) is 3.60. The molecule has 1 aromatic carbocycles. The summed E-state index contributed by atoms with van der Waals surface area (Å²) in [6, 6.07) is 8.39. The van der Waals surface area contributed by atoms with Gasteiger partial charge < -0.3 is 15.5 Å². The van der Waals surface area contributed by atoms with Crippen LogP contribution in [0.15, 0.2) is 29.3 Å². The first-order chi connectivity index (χ1) is 12.5. The molecule has 0 saturated carbocycles. The standard InChI is InChI=1S/C19H27ClN6.HI/c1-13-18(14(2)25(4)24-13)11-22-19(21-3)23-16-8-9-26(12-16)17-7-5-6-15(20)10-17;/h5-7,10,16H,8-9,11-12H2,1-4H3,(H2,21,22,23);1H. The Balaban J connectivity index is 0.00000261. The molecule has 1 aromatic heterocycles.